The van der Waals surface area contributed by atoms with Gasteiger partial charge in [-0.05, 0) is 37.3 Å². The highest BCUT2D eigenvalue weighted by molar-refractivity contribution is 6.31. The Bertz CT molecular complexity index is 436. The molecule has 0 saturated heterocycles. The number of aliphatic hydroxyl groups is 1. The second-order valence-electron chi connectivity index (χ2n) is 4.89. The molecule has 1 aliphatic rings. The van der Waals surface area contributed by atoms with Crippen molar-refractivity contribution >= 4 is 17.5 Å². The first kappa shape index (κ1) is 13.4. The van der Waals surface area contributed by atoms with Gasteiger partial charge < -0.3 is 10.4 Å². The van der Waals surface area contributed by atoms with Crippen LogP contribution >= 0.6 is 11.6 Å². The van der Waals surface area contributed by atoms with Crippen molar-refractivity contribution in [2.45, 2.75) is 31.7 Å². The molecule has 3 unspecified atom stereocenters. The fraction of sp³-hybridized carbons (Fsp3) is 0.500. The molecule has 0 radical (unpaired) electrons. The normalized spacial score (nSPS) is 23.5. The lowest BCUT2D eigenvalue weighted by atomic mass is 10.1. The molecule has 18 heavy (non-hydrogen) atoms. The topological polar surface area (TPSA) is 49.3 Å². The molecule has 1 aliphatic carbocycles. The van der Waals surface area contributed by atoms with Crippen LogP contribution in [-0.2, 0) is 4.79 Å². The first-order valence-electron chi connectivity index (χ1n) is 6.29. The minimum atomic E-state index is 0.0231. The number of nitrogens with one attached hydrogen (secondary N) is 1. The number of benzene rings is 1. The number of carbonyl (C=O) groups excluding carboxylic acids is 1. The van der Waals surface area contributed by atoms with Gasteiger partial charge in [-0.3, -0.25) is 4.79 Å². The fourth-order valence-electron chi connectivity index (χ4n) is 2.22. The molecular weight excluding hydrogens is 250 g/mol. The van der Waals surface area contributed by atoms with E-state index in [0.717, 1.165) is 17.0 Å². The van der Waals surface area contributed by atoms with Gasteiger partial charge in [-0.25, -0.2) is 0 Å². The summed E-state index contributed by atoms with van der Waals surface area (Å²) in [5.41, 5.74) is 1.06. The number of aliphatic hydroxyl groups excluding tert-OH is 1. The molecule has 0 aromatic heterocycles. The molecule has 0 spiro atoms. The lowest BCUT2D eigenvalue weighted by Crippen LogP contribution is -2.34. The molecule has 3 nitrogen and oxygen atoms in total. The predicted octanol–water partition coefficient (Wildman–Crippen LogP) is 2.33. The lowest BCUT2D eigenvalue weighted by molar-refractivity contribution is -0.123. The summed E-state index contributed by atoms with van der Waals surface area (Å²) in [6.45, 7) is 2.00. The summed E-state index contributed by atoms with van der Waals surface area (Å²) < 4.78 is 0. The van der Waals surface area contributed by atoms with Gasteiger partial charge in [0.1, 0.15) is 0 Å². The van der Waals surface area contributed by atoms with Gasteiger partial charge in [0.25, 0.3) is 0 Å². The summed E-state index contributed by atoms with van der Waals surface area (Å²) >= 11 is 6.12. The zero-order valence-corrected chi connectivity index (χ0v) is 11.2. The van der Waals surface area contributed by atoms with E-state index in [-0.39, 0.29) is 30.4 Å². The number of hydrogen-bond acceptors (Lipinski definition) is 2. The van der Waals surface area contributed by atoms with Gasteiger partial charge in [0, 0.05) is 23.6 Å². The summed E-state index contributed by atoms with van der Waals surface area (Å²) in [5, 5.41) is 12.5. The molecule has 98 valence electrons. The highest BCUT2D eigenvalue weighted by Crippen LogP contribution is 2.49. The largest absolute Gasteiger partial charge is 0.396 e. The van der Waals surface area contributed by atoms with Crippen molar-refractivity contribution in [2.24, 2.45) is 5.92 Å². The molecule has 1 aromatic carbocycles. The summed E-state index contributed by atoms with van der Waals surface area (Å²) in [6, 6.07) is 7.71. The number of hydrogen-bond donors (Lipinski definition) is 2. The first-order valence-corrected chi connectivity index (χ1v) is 6.67. The van der Waals surface area contributed by atoms with E-state index in [9.17, 15) is 4.79 Å². The van der Waals surface area contributed by atoms with E-state index in [0.29, 0.717) is 6.42 Å². The Balaban J connectivity index is 1.91. The Hall–Kier alpha value is -1.06. The predicted molar refractivity (Wildman–Crippen MR) is 71.6 cm³/mol. The molecule has 1 aromatic rings. The monoisotopic (exact) mass is 267 g/mol. The quantitative estimate of drug-likeness (QED) is 0.860. The van der Waals surface area contributed by atoms with Crippen LogP contribution in [0.4, 0.5) is 0 Å². The second kappa shape index (κ2) is 5.72. The van der Waals surface area contributed by atoms with E-state index in [1.165, 1.54) is 0 Å². The van der Waals surface area contributed by atoms with Crippen LogP contribution in [0.1, 0.15) is 31.2 Å². The molecule has 2 rings (SSSR count). The molecule has 0 bridgehead atoms. The fourth-order valence-corrected chi connectivity index (χ4v) is 2.50. The van der Waals surface area contributed by atoms with Crippen molar-refractivity contribution in [3.8, 4) is 0 Å². The Labute approximate surface area is 112 Å². The molecule has 1 saturated carbocycles. The maximum absolute atomic E-state index is 11.9. The third-order valence-electron chi connectivity index (χ3n) is 3.38. The second-order valence-corrected chi connectivity index (χ2v) is 5.30. The summed E-state index contributed by atoms with van der Waals surface area (Å²) in [6.07, 6.45) is 1.45. The third-order valence-corrected chi connectivity index (χ3v) is 3.73. The average molecular weight is 268 g/mol. The van der Waals surface area contributed by atoms with Gasteiger partial charge in [0.2, 0.25) is 5.91 Å². The Kier molecular flexibility index (Phi) is 4.25. The van der Waals surface area contributed by atoms with E-state index in [4.69, 9.17) is 16.7 Å². The molecule has 2 N–H and O–H groups in total. The van der Waals surface area contributed by atoms with E-state index in [1.807, 2.05) is 31.2 Å². The van der Waals surface area contributed by atoms with Crippen molar-refractivity contribution in [1.82, 2.24) is 5.32 Å². The van der Waals surface area contributed by atoms with Gasteiger partial charge >= 0.3 is 0 Å². The minimum absolute atomic E-state index is 0.0231. The molecule has 0 aliphatic heterocycles. The maximum Gasteiger partial charge on any atom is 0.223 e. The average Bonchev–Trinajstić information content (AvgIpc) is 3.10. The summed E-state index contributed by atoms with van der Waals surface area (Å²) in [5.74, 6) is 0.354. The standard InChI is InChI=1S/C14H18ClNO2/c1-9(6-7-17)16-14(18)12-8-11(12)10-4-2-3-5-13(10)15/h2-5,9,11-12,17H,6-8H2,1H3,(H,16,18). The number of rotatable bonds is 5. The molecule has 3 atom stereocenters. The number of carbonyl (C=O) groups is 1. The van der Waals surface area contributed by atoms with E-state index >= 15 is 0 Å². The Morgan fingerprint density at radius 2 is 2.28 bits per heavy atom. The van der Waals surface area contributed by atoms with Gasteiger partial charge in [0.05, 0.1) is 0 Å². The highest BCUT2D eigenvalue weighted by atomic mass is 35.5. The van der Waals surface area contributed by atoms with E-state index in [2.05, 4.69) is 5.32 Å². The van der Waals surface area contributed by atoms with Crippen LogP contribution in [0.25, 0.3) is 0 Å². The van der Waals surface area contributed by atoms with Crippen molar-refractivity contribution in [1.29, 1.82) is 0 Å². The SMILES string of the molecule is CC(CCO)NC(=O)C1CC1c1ccccc1Cl. The molecule has 1 fully saturated rings. The molecule has 4 heteroatoms. The van der Waals surface area contributed by atoms with E-state index in [1.54, 1.807) is 0 Å². The number of halogens is 1. The third kappa shape index (κ3) is 3.03. The van der Waals surface area contributed by atoms with Crippen LogP contribution in [0, 0.1) is 5.92 Å². The molecular formula is C14H18ClNO2. The Morgan fingerprint density at radius 3 is 2.94 bits per heavy atom. The van der Waals surface area contributed by atoms with Crippen molar-refractivity contribution in [2.75, 3.05) is 6.61 Å². The Morgan fingerprint density at radius 1 is 1.56 bits per heavy atom. The van der Waals surface area contributed by atoms with Crippen LogP contribution in [0.5, 0.6) is 0 Å². The van der Waals surface area contributed by atoms with Crippen molar-refractivity contribution < 1.29 is 9.90 Å². The van der Waals surface area contributed by atoms with Gasteiger partial charge in [-0.2, -0.15) is 0 Å². The van der Waals surface area contributed by atoms with Crippen LogP contribution in [-0.4, -0.2) is 23.7 Å². The highest BCUT2D eigenvalue weighted by Gasteiger charge is 2.44. The van der Waals surface area contributed by atoms with Crippen molar-refractivity contribution in [3.63, 3.8) is 0 Å². The zero-order valence-electron chi connectivity index (χ0n) is 10.4. The van der Waals surface area contributed by atoms with Crippen LogP contribution in [0.3, 0.4) is 0 Å². The summed E-state index contributed by atoms with van der Waals surface area (Å²) in [7, 11) is 0. The molecule has 1 amide bonds. The number of amides is 1. The van der Waals surface area contributed by atoms with Gasteiger partial charge in [0.15, 0.2) is 0 Å². The zero-order chi connectivity index (χ0) is 13.1. The maximum atomic E-state index is 11.9. The van der Waals surface area contributed by atoms with Crippen LogP contribution in [0.2, 0.25) is 5.02 Å². The van der Waals surface area contributed by atoms with Crippen molar-refractivity contribution in [3.05, 3.63) is 34.9 Å². The van der Waals surface area contributed by atoms with Gasteiger partial charge in [-0.1, -0.05) is 29.8 Å². The van der Waals surface area contributed by atoms with Crippen LogP contribution < -0.4 is 5.32 Å². The van der Waals surface area contributed by atoms with Crippen LogP contribution in [0.15, 0.2) is 24.3 Å². The minimum Gasteiger partial charge on any atom is -0.396 e. The van der Waals surface area contributed by atoms with Gasteiger partial charge in [-0.15, -0.1) is 0 Å². The summed E-state index contributed by atoms with van der Waals surface area (Å²) in [4.78, 5) is 11.9. The van der Waals surface area contributed by atoms with E-state index < -0.39 is 0 Å². The smallest absolute Gasteiger partial charge is 0.223 e. The first-order chi connectivity index (χ1) is 8.63. The molecule has 0 heterocycles. The lowest BCUT2D eigenvalue weighted by Gasteiger charge is -2.12.